The number of nitrogens with one attached hydrogen (secondary N) is 1. The van der Waals surface area contributed by atoms with Crippen molar-refractivity contribution < 1.29 is 9.59 Å². The van der Waals surface area contributed by atoms with Gasteiger partial charge in [0.15, 0.2) is 0 Å². The van der Waals surface area contributed by atoms with Gasteiger partial charge in [0.1, 0.15) is 6.04 Å². The predicted octanol–water partition coefficient (Wildman–Crippen LogP) is 1.48. The molecule has 2 heterocycles. The zero-order valence-electron chi connectivity index (χ0n) is 12.5. The number of nitrogens with two attached hydrogens (primary N) is 1. The summed E-state index contributed by atoms with van der Waals surface area (Å²) in [5, 5.41) is 4.64. The van der Waals surface area contributed by atoms with Gasteiger partial charge in [0, 0.05) is 19.1 Å². The summed E-state index contributed by atoms with van der Waals surface area (Å²) in [5.74, 6) is 0.807. The van der Waals surface area contributed by atoms with Crippen LogP contribution in [0.2, 0.25) is 0 Å². The van der Waals surface area contributed by atoms with Crippen molar-refractivity contribution in [3.05, 3.63) is 22.4 Å². The second kappa shape index (κ2) is 6.98. The SMILES string of the molecule is CC(NC(=O)c1cccs1)C(=O)N1CC2CCC(N)C2C1.Cl. The van der Waals surface area contributed by atoms with Gasteiger partial charge in [-0.05, 0) is 43.0 Å². The highest BCUT2D eigenvalue weighted by Crippen LogP contribution is 2.37. The molecule has 7 heteroatoms. The highest BCUT2D eigenvalue weighted by atomic mass is 35.5. The Labute approximate surface area is 140 Å². The summed E-state index contributed by atoms with van der Waals surface area (Å²) < 4.78 is 0. The molecule has 22 heavy (non-hydrogen) atoms. The molecule has 122 valence electrons. The van der Waals surface area contributed by atoms with Crippen molar-refractivity contribution in [2.75, 3.05) is 13.1 Å². The molecule has 1 aliphatic heterocycles. The summed E-state index contributed by atoms with van der Waals surface area (Å²) in [7, 11) is 0. The minimum atomic E-state index is -0.491. The van der Waals surface area contributed by atoms with Crippen molar-refractivity contribution in [3.8, 4) is 0 Å². The molecule has 1 aromatic rings. The molecule has 3 rings (SSSR count). The van der Waals surface area contributed by atoms with Crippen molar-refractivity contribution in [3.63, 3.8) is 0 Å². The average Bonchev–Trinajstić information content (AvgIpc) is 3.16. The summed E-state index contributed by atoms with van der Waals surface area (Å²) in [5.41, 5.74) is 6.10. The summed E-state index contributed by atoms with van der Waals surface area (Å²) in [6, 6.07) is 3.32. The number of rotatable bonds is 3. The van der Waals surface area contributed by atoms with E-state index in [2.05, 4.69) is 5.32 Å². The normalized spacial score (nSPS) is 27.9. The van der Waals surface area contributed by atoms with Gasteiger partial charge in [-0.1, -0.05) is 6.07 Å². The summed E-state index contributed by atoms with van der Waals surface area (Å²) in [6.45, 7) is 3.28. The maximum absolute atomic E-state index is 12.5. The van der Waals surface area contributed by atoms with E-state index in [1.807, 2.05) is 16.3 Å². The second-order valence-electron chi connectivity index (χ2n) is 6.08. The first-order valence-corrected chi connectivity index (χ1v) is 8.33. The summed E-state index contributed by atoms with van der Waals surface area (Å²) >= 11 is 1.38. The Balaban J connectivity index is 0.00000176. The Kier molecular flexibility index (Phi) is 5.47. The van der Waals surface area contributed by atoms with Crippen molar-refractivity contribution >= 4 is 35.6 Å². The lowest BCUT2D eigenvalue weighted by Gasteiger charge is -2.23. The monoisotopic (exact) mass is 343 g/mol. The molecule has 0 radical (unpaired) electrons. The first-order chi connectivity index (χ1) is 10.1. The van der Waals surface area contributed by atoms with Gasteiger partial charge in [-0.3, -0.25) is 9.59 Å². The molecule has 4 atom stereocenters. The van der Waals surface area contributed by atoms with E-state index in [-0.39, 0.29) is 30.3 Å². The van der Waals surface area contributed by atoms with Crippen LogP contribution in [0.3, 0.4) is 0 Å². The first-order valence-electron chi connectivity index (χ1n) is 7.45. The molecular formula is C15H22ClN3O2S. The number of fused-ring (bicyclic) bond motifs is 1. The zero-order chi connectivity index (χ0) is 15.0. The van der Waals surface area contributed by atoms with Crippen LogP contribution in [0.1, 0.15) is 29.4 Å². The van der Waals surface area contributed by atoms with E-state index < -0.39 is 6.04 Å². The van der Waals surface area contributed by atoms with Crippen LogP contribution in [-0.2, 0) is 4.79 Å². The lowest BCUT2D eigenvalue weighted by molar-refractivity contribution is -0.132. The fraction of sp³-hybridized carbons (Fsp3) is 0.600. The van der Waals surface area contributed by atoms with E-state index in [0.29, 0.717) is 16.7 Å². The standard InChI is InChI=1S/C15H21N3O2S.ClH/c1-9(17-14(19)13-3-2-6-21-13)15(20)18-7-10-4-5-12(16)11(10)8-18;/h2-3,6,9-12H,4-5,7-8,16H2,1H3,(H,17,19);1H. The third-order valence-corrected chi connectivity index (χ3v) is 5.56. The van der Waals surface area contributed by atoms with Crippen LogP contribution in [-0.4, -0.2) is 41.9 Å². The number of carbonyl (C=O) groups is 2. The van der Waals surface area contributed by atoms with Crippen LogP contribution in [0, 0.1) is 11.8 Å². The van der Waals surface area contributed by atoms with Gasteiger partial charge in [-0.25, -0.2) is 0 Å². The third kappa shape index (κ3) is 3.29. The maximum atomic E-state index is 12.5. The highest BCUT2D eigenvalue weighted by Gasteiger charge is 2.43. The molecule has 5 nitrogen and oxygen atoms in total. The number of nitrogens with zero attached hydrogens (tertiary/aromatic N) is 1. The van der Waals surface area contributed by atoms with Gasteiger partial charge in [-0.2, -0.15) is 0 Å². The lowest BCUT2D eigenvalue weighted by atomic mass is 9.98. The fourth-order valence-electron chi connectivity index (χ4n) is 3.50. The summed E-state index contributed by atoms with van der Waals surface area (Å²) in [6.07, 6.45) is 2.19. The van der Waals surface area contributed by atoms with Crippen LogP contribution in [0.15, 0.2) is 17.5 Å². The maximum Gasteiger partial charge on any atom is 0.261 e. The second-order valence-corrected chi connectivity index (χ2v) is 7.03. The Hall–Kier alpha value is -1.11. The smallest absolute Gasteiger partial charge is 0.261 e. The van der Waals surface area contributed by atoms with E-state index in [0.717, 1.165) is 25.9 Å². The van der Waals surface area contributed by atoms with E-state index in [1.165, 1.54) is 11.3 Å². The molecule has 1 aromatic heterocycles. The molecule has 0 bridgehead atoms. The van der Waals surface area contributed by atoms with Crippen LogP contribution in [0.25, 0.3) is 0 Å². The van der Waals surface area contributed by atoms with E-state index in [9.17, 15) is 9.59 Å². The fourth-order valence-corrected chi connectivity index (χ4v) is 4.13. The number of thiophene rings is 1. The molecule has 1 aliphatic carbocycles. The zero-order valence-corrected chi connectivity index (χ0v) is 14.2. The van der Waals surface area contributed by atoms with Crippen molar-refractivity contribution in [2.24, 2.45) is 17.6 Å². The molecule has 0 spiro atoms. The Morgan fingerprint density at radius 2 is 2.18 bits per heavy atom. The van der Waals surface area contributed by atoms with Crippen molar-refractivity contribution in [1.29, 1.82) is 0 Å². The number of carbonyl (C=O) groups excluding carboxylic acids is 2. The molecule has 2 fully saturated rings. The van der Waals surface area contributed by atoms with Gasteiger partial charge in [-0.15, -0.1) is 23.7 Å². The van der Waals surface area contributed by atoms with E-state index >= 15 is 0 Å². The Morgan fingerprint density at radius 3 is 2.82 bits per heavy atom. The number of halogens is 1. The summed E-state index contributed by atoms with van der Waals surface area (Å²) in [4.78, 5) is 27.0. The third-order valence-electron chi connectivity index (χ3n) is 4.69. The predicted molar refractivity (Wildman–Crippen MR) is 89.3 cm³/mol. The van der Waals surface area contributed by atoms with Crippen LogP contribution in [0.5, 0.6) is 0 Å². The quantitative estimate of drug-likeness (QED) is 0.873. The number of amides is 2. The van der Waals surface area contributed by atoms with Crippen LogP contribution < -0.4 is 11.1 Å². The molecule has 1 saturated carbocycles. The Bertz CT molecular complexity index is 537. The van der Waals surface area contributed by atoms with Crippen LogP contribution >= 0.6 is 23.7 Å². The molecule has 2 amide bonds. The van der Waals surface area contributed by atoms with Gasteiger partial charge < -0.3 is 16.0 Å². The average molecular weight is 344 g/mol. The van der Waals surface area contributed by atoms with Gasteiger partial charge in [0.25, 0.3) is 5.91 Å². The van der Waals surface area contributed by atoms with E-state index in [4.69, 9.17) is 5.73 Å². The minimum absolute atomic E-state index is 0. The largest absolute Gasteiger partial charge is 0.340 e. The molecule has 0 aromatic carbocycles. The highest BCUT2D eigenvalue weighted by molar-refractivity contribution is 7.12. The number of hydrogen-bond donors (Lipinski definition) is 2. The molecule has 1 saturated heterocycles. The van der Waals surface area contributed by atoms with Gasteiger partial charge in [0.2, 0.25) is 5.91 Å². The van der Waals surface area contributed by atoms with Gasteiger partial charge in [0.05, 0.1) is 4.88 Å². The first kappa shape index (κ1) is 17.2. The van der Waals surface area contributed by atoms with Crippen molar-refractivity contribution in [2.45, 2.75) is 31.8 Å². The molecular weight excluding hydrogens is 322 g/mol. The lowest BCUT2D eigenvalue weighted by Crippen LogP contribution is -2.46. The van der Waals surface area contributed by atoms with Crippen molar-refractivity contribution in [1.82, 2.24) is 10.2 Å². The molecule has 4 unspecified atom stereocenters. The molecule has 3 N–H and O–H groups in total. The van der Waals surface area contributed by atoms with E-state index in [1.54, 1.807) is 13.0 Å². The Morgan fingerprint density at radius 1 is 1.41 bits per heavy atom. The number of hydrogen-bond acceptors (Lipinski definition) is 4. The topological polar surface area (TPSA) is 75.4 Å². The molecule has 2 aliphatic rings. The van der Waals surface area contributed by atoms with Crippen LogP contribution in [0.4, 0.5) is 0 Å². The number of likely N-dealkylation sites (tertiary alicyclic amines) is 1. The minimum Gasteiger partial charge on any atom is -0.340 e. The van der Waals surface area contributed by atoms with Gasteiger partial charge >= 0.3 is 0 Å².